The molecule has 6 nitrogen and oxygen atoms in total. The third kappa shape index (κ3) is 1.89. The number of nitrogens with one attached hydrogen (secondary N) is 1. The van der Waals surface area contributed by atoms with Crippen molar-refractivity contribution >= 4 is 11.6 Å². The highest BCUT2D eigenvalue weighted by Gasteiger charge is 2.63. The van der Waals surface area contributed by atoms with Crippen molar-refractivity contribution in [3.63, 3.8) is 0 Å². The van der Waals surface area contributed by atoms with E-state index in [1.165, 1.54) is 17.7 Å². The predicted molar refractivity (Wildman–Crippen MR) is 95.8 cm³/mol. The largest absolute Gasteiger partial charge is 0.508 e. The summed E-state index contributed by atoms with van der Waals surface area (Å²) in [5, 5.41) is 14.9. The molecule has 5 atom stereocenters. The van der Waals surface area contributed by atoms with E-state index in [1.54, 1.807) is 12.1 Å². The lowest BCUT2D eigenvalue weighted by Gasteiger charge is -2.42. The van der Waals surface area contributed by atoms with Gasteiger partial charge in [0.1, 0.15) is 11.2 Å². The first-order valence-corrected chi connectivity index (χ1v) is 9.32. The van der Waals surface area contributed by atoms with E-state index in [0.29, 0.717) is 30.6 Å². The molecule has 2 N–H and O–H groups in total. The van der Waals surface area contributed by atoms with E-state index in [4.69, 9.17) is 9.57 Å². The van der Waals surface area contributed by atoms with Gasteiger partial charge < -0.3 is 15.2 Å². The molecule has 138 valence electrons. The van der Waals surface area contributed by atoms with E-state index < -0.39 is 5.41 Å². The minimum atomic E-state index is -0.761. The van der Waals surface area contributed by atoms with Crippen molar-refractivity contribution in [2.45, 2.75) is 37.3 Å². The molecule has 1 aromatic carbocycles. The van der Waals surface area contributed by atoms with Crippen LogP contribution in [0, 0.1) is 11.8 Å². The number of amides is 1. The molecule has 0 aromatic heterocycles. The Balaban J connectivity index is 1.69. The van der Waals surface area contributed by atoms with Crippen molar-refractivity contribution in [1.82, 2.24) is 5.32 Å². The van der Waals surface area contributed by atoms with Crippen LogP contribution in [0.4, 0.5) is 5.69 Å². The van der Waals surface area contributed by atoms with Crippen LogP contribution in [-0.2, 0) is 19.8 Å². The van der Waals surface area contributed by atoms with Gasteiger partial charge in [0, 0.05) is 24.6 Å². The molecule has 4 heterocycles. The summed E-state index contributed by atoms with van der Waals surface area (Å²) in [5.41, 5.74) is 2.21. The number of ether oxygens (including phenoxy) is 1. The number of benzene rings is 1. The molecular weight excluding hydrogens is 332 g/mol. The molecule has 4 bridgehead atoms. The number of anilines is 1. The number of fused-ring (bicyclic) bond motifs is 2. The molecule has 6 heteroatoms. The van der Waals surface area contributed by atoms with Crippen LogP contribution in [0.3, 0.4) is 0 Å². The number of rotatable bonds is 1. The van der Waals surface area contributed by atoms with Crippen LogP contribution >= 0.6 is 0 Å². The van der Waals surface area contributed by atoms with Crippen molar-refractivity contribution in [2.75, 3.05) is 25.3 Å². The quantitative estimate of drug-likeness (QED) is 0.752. The number of allylic oxidation sites excluding steroid dienone is 1. The Morgan fingerprint density at radius 3 is 3.08 bits per heavy atom. The molecule has 4 aliphatic heterocycles. The van der Waals surface area contributed by atoms with Gasteiger partial charge in [0.15, 0.2) is 0 Å². The summed E-state index contributed by atoms with van der Waals surface area (Å²) in [6, 6.07) is 5.36. The normalized spacial score (nSPS) is 39.5. The molecule has 6 rings (SSSR count). The lowest BCUT2D eigenvalue weighted by molar-refractivity contribution is -0.137. The van der Waals surface area contributed by atoms with E-state index in [9.17, 15) is 9.90 Å². The van der Waals surface area contributed by atoms with Crippen LogP contribution < -0.4 is 10.4 Å². The topological polar surface area (TPSA) is 71.0 Å². The molecule has 0 radical (unpaired) electrons. The number of nitrogens with zero attached hydrogens (tertiary/aromatic N) is 1. The Kier molecular flexibility index (Phi) is 3.48. The maximum absolute atomic E-state index is 13.6. The molecule has 4 fully saturated rings. The Morgan fingerprint density at radius 1 is 1.46 bits per heavy atom. The number of piperidine rings is 1. The lowest BCUT2D eigenvalue weighted by atomic mass is 9.72. The minimum absolute atomic E-state index is 0.0809. The average Bonchev–Trinajstić information content (AvgIpc) is 2.74. The van der Waals surface area contributed by atoms with E-state index in [2.05, 4.69) is 18.3 Å². The number of carbonyl (C=O) groups excluding carboxylic acids is 1. The van der Waals surface area contributed by atoms with Crippen LogP contribution in [-0.4, -0.2) is 43.4 Å². The van der Waals surface area contributed by atoms with Gasteiger partial charge in [0.25, 0.3) is 5.91 Å². The van der Waals surface area contributed by atoms with E-state index in [1.807, 2.05) is 6.07 Å². The lowest BCUT2D eigenvalue weighted by Crippen LogP contribution is -2.50. The first kappa shape index (κ1) is 16.3. The molecule has 26 heavy (non-hydrogen) atoms. The SMILES string of the molecule is CC=C1CN[C@H]2C[C@@]3(C(=O)N(OC)c4cc(O)ccc43)[C@@H]3C[C@H]1[C@H]2CO3. The highest BCUT2D eigenvalue weighted by molar-refractivity contribution is 6.07. The molecule has 1 aliphatic carbocycles. The molecule has 1 aromatic rings. The van der Waals surface area contributed by atoms with Gasteiger partial charge >= 0.3 is 0 Å². The second-order valence-electron chi connectivity index (χ2n) is 7.84. The first-order valence-electron chi connectivity index (χ1n) is 9.32. The smallest absolute Gasteiger partial charge is 0.264 e. The number of phenols is 1. The fourth-order valence-corrected chi connectivity index (χ4v) is 5.69. The number of hydrogen-bond acceptors (Lipinski definition) is 5. The molecule has 0 unspecified atom stereocenters. The van der Waals surface area contributed by atoms with E-state index in [0.717, 1.165) is 18.5 Å². The van der Waals surface area contributed by atoms with Gasteiger partial charge in [-0.25, -0.2) is 0 Å². The molecule has 3 saturated heterocycles. The Bertz CT molecular complexity index is 807. The maximum Gasteiger partial charge on any atom is 0.264 e. The van der Waals surface area contributed by atoms with Gasteiger partial charge in [-0.3, -0.25) is 9.63 Å². The summed E-state index contributed by atoms with van der Waals surface area (Å²) >= 11 is 0. The van der Waals surface area contributed by atoms with Gasteiger partial charge in [-0.1, -0.05) is 17.7 Å². The predicted octanol–water partition coefficient (Wildman–Crippen LogP) is 1.88. The highest BCUT2D eigenvalue weighted by Crippen LogP contribution is 2.56. The molecule has 1 amide bonds. The second kappa shape index (κ2) is 5.55. The summed E-state index contributed by atoms with van der Waals surface area (Å²) in [4.78, 5) is 19.0. The number of phenolic OH excluding ortho intramolecular Hbond substituents is 1. The van der Waals surface area contributed by atoms with Gasteiger partial charge in [-0.15, -0.1) is 0 Å². The molecule has 1 spiro atoms. The van der Waals surface area contributed by atoms with Gasteiger partial charge in [-0.2, -0.15) is 5.06 Å². The maximum atomic E-state index is 13.6. The summed E-state index contributed by atoms with van der Waals surface area (Å²) in [6.45, 7) is 3.66. The molecule has 1 saturated carbocycles. The third-order valence-electron chi connectivity index (χ3n) is 6.93. The third-order valence-corrected chi connectivity index (χ3v) is 6.93. The van der Waals surface area contributed by atoms with Crippen LogP contribution in [0.5, 0.6) is 5.75 Å². The number of carbonyl (C=O) groups is 1. The zero-order chi connectivity index (χ0) is 18.1. The van der Waals surface area contributed by atoms with Crippen molar-refractivity contribution in [3.8, 4) is 5.75 Å². The van der Waals surface area contributed by atoms with E-state index in [-0.39, 0.29) is 23.8 Å². The fourth-order valence-electron chi connectivity index (χ4n) is 5.69. The number of aromatic hydroxyl groups is 1. The minimum Gasteiger partial charge on any atom is -0.508 e. The standard InChI is InChI=1S/C20H24N2O4/c1-3-11-9-21-16-8-20(18-7-13(11)14(16)10-26-18)15-5-4-12(23)6-17(15)22(25-2)19(20)24/h3-6,13-14,16,18,21,23H,7-10H2,1-2H3/t13-,14-,16+,18+,20+/m1/s1. The van der Waals surface area contributed by atoms with Crippen molar-refractivity contribution in [3.05, 3.63) is 35.4 Å². The summed E-state index contributed by atoms with van der Waals surface area (Å²) in [7, 11) is 1.49. The monoisotopic (exact) mass is 356 g/mol. The van der Waals surface area contributed by atoms with Gasteiger partial charge in [0.2, 0.25) is 0 Å². The molecular formula is C20H24N2O4. The Hall–Kier alpha value is -1.89. The summed E-state index contributed by atoms with van der Waals surface area (Å²) in [5.74, 6) is 0.912. The van der Waals surface area contributed by atoms with Crippen LogP contribution in [0.1, 0.15) is 25.3 Å². The zero-order valence-corrected chi connectivity index (χ0v) is 15.1. The molecule has 5 aliphatic rings. The number of hydroxylamine groups is 1. The van der Waals surface area contributed by atoms with Crippen LogP contribution in [0.2, 0.25) is 0 Å². The first-order chi connectivity index (χ1) is 12.6. The Labute approximate surface area is 152 Å². The van der Waals surface area contributed by atoms with Crippen molar-refractivity contribution < 1.29 is 19.5 Å². The summed E-state index contributed by atoms with van der Waals surface area (Å²) in [6.07, 6.45) is 3.59. The van der Waals surface area contributed by atoms with Gasteiger partial charge in [0.05, 0.1) is 25.5 Å². The number of hydrogen-bond donors (Lipinski definition) is 2. The fraction of sp³-hybridized carbons (Fsp3) is 0.550. The summed E-state index contributed by atoms with van der Waals surface area (Å²) < 4.78 is 6.29. The van der Waals surface area contributed by atoms with Crippen LogP contribution in [0.25, 0.3) is 0 Å². The van der Waals surface area contributed by atoms with Gasteiger partial charge in [-0.05, 0) is 37.3 Å². The zero-order valence-electron chi connectivity index (χ0n) is 15.1. The second-order valence-corrected chi connectivity index (χ2v) is 7.84. The Morgan fingerprint density at radius 2 is 2.31 bits per heavy atom. The van der Waals surface area contributed by atoms with E-state index >= 15 is 0 Å². The van der Waals surface area contributed by atoms with Crippen LogP contribution in [0.15, 0.2) is 29.8 Å². The van der Waals surface area contributed by atoms with Crippen molar-refractivity contribution in [1.29, 1.82) is 0 Å². The highest BCUT2D eigenvalue weighted by atomic mass is 16.7. The average molecular weight is 356 g/mol. The van der Waals surface area contributed by atoms with Crippen molar-refractivity contribution in [2.24, 2.45) is 11.8 Å².